The minimum absolute atomic E-state index is 0.0939. The van der Waals surface area contributed by atoms with Crippen LogP contribution in [0.1, 0.15) is 30.9 Å². The van der Waals surface area contributed by atoms with Gasteiger partial charge in [-0.2, -0.15) is 0 Å². The molecule has 3 heteroatoms. The molecule has 3 N–H and O–H groups in total. The van der Waals surface area contributed by atoms with E-state index < -0.39 is 0 Å². The van der Waals surface area contributed by atoms with Crippen molar-refractivity contribution in [3.8, 4) is 0 Å². The van der Waals surface area contributed by atoms with Crippen LogP contribution in [0.2, 0.25) is 0 Å². The number of aromatic nitrogens is 1. The molecule has 0 radical (unpaired) electrons. The van der Waals surface area contributed by atoms with Crippen LogP contribution in [0.4, 0.5) is 0 Å². The smallest absolute Gasteiger partial charge is 0.0481 e. The maximum absolute atomic E-state index is 6.47. The highest BCUT2D eigenvalue weighted by atomic mass is 15.0. The minimum Gasteiger partial charge on any atom is -0.350 e. The molecule has 2 unspecified atom stereocenters. The Morgan fingerprint density at radius 2 is 2.17 bits per heavy atom. The summed E-state index contributed by atoms with van der Waals surface area (Å²) in [5, 5.41) is 4.85. The molecule has 1 aromatic carbocycles. The van der Waals surface area contributed by atoms with Gasteiger partial charge in [-0.1, -0.05) is 24.6 Å². The fraction of sp³-hybridized carbons (Fsp3) is 0.467. The highest BCUT2D eigenvalue weighted by Gasteiger charge is 2.23. The predicted molar refractivity (Wildman–Crippen MR) is 75.5 cm³/mol. The Morgan fingerprint density at radius 3 is 2.94 bits per heavy atom. The first-order valence-electron chi connectivity index (χ1n) is 6.80. The van der Waals surface area contributed by atoms with E-state index in [0.29, 0.717) is 6.04 Å². The quantitative estimate of drug-likeness (QED) is 0.850. The monoisotopic (exact) mass is 243 g/mol. The molecule has 0 spiro atoms. The minimum atomic E-state index is 0.0939. The van der Waals surface area contributed by atoms with Crippen molar-refractivity contribution in [1.82, 2.24) is 9.88 Å². The lowest BCUT2D eigenvalue weighted by Gasteiger charge is -2.28. The van der Waals surface area contributed by atoms with Gasteiger partial charge in [0.25, 0.3) is 0 Å². The third-order valence-corrected chi connectivity index (χ3v) is 4.07. The lowest BCUT2D eigenvalue weighted by atomic mass is 9.93. The second-order valence-corrected chi connectivity index (χ2v) is 5.29. The van der Waals surface area contributed by atoms with Gasteiger partial charge in [-0.3, -0.25) is 0 Å². The van der Waals surface area contributed by atoms with Crippen molar-refractivity contribution in [2.75, 3.05) is 6.54 Å². The van der Waals surface area contributed by atoms with E-state index in [1.54, 1.807) is 0 Å². The molecule has 2 heterocycles. The van der Waals surface area contributed by atoms with Gasteiger partial charge >= 0.3 is 0 Å². The van der Waals surface area contributed by atoms with E-state index in [0.717, 1.165) is 6.54 Å². The molecule has 3 rings (SSSR count). The standard InChI is InChI=1S/C15H21N3/c1-18-10-12(11-6-2-3-8-14(11)18)15(16)13-7-4-5-9-17-13/h2-3,6,8,10,13,15,17H,4-5,7,9,16H2,1H3. The van der Waals surface area contributed by atoms with Crippen LogP contribution in [0.15, 0.2) is 30.5 Å². The molecular weight excluding hydrogens is 222 g/mol. The SMILES string of the molecule is Cn1cc(C(N)C2CCCCN2)c2ccccc21. The summed E-state index contributed by atoms with van der Waals surface area (Å²) >= 11 is 0. The molecule has 1 aliphatic heterocycles. The first kappa shape index (κ1) is 11.8. The molecule has 1 fully saturated rings. The number of hydrogen-bond acceptors (Lipinski definition) is 2. The van der Waals surface area contributed by atoms with E-state index in [4.69, 9.17) is 5.73 Å². The number of piperidine rings is 1. The normalized spacial score (nSPS) is 22.2. The molecule has 0 saturated carbocycles. The van der Waals surface area contributed by atoms with Crippen LogP contribution in [-0.4, -0.2) is 17.2 Å². The van der Waals surface area contributed by atoms with Crippen LogP contribution in [0.3, 0.4) is 0 Å². The number of aryl methyl sites for hydroxylation is 1. The first-order chi connectivity index (χ1) is 8.77. The van der Waals surface area contributed by atoms with Crippen LogP contribution in [-0.2, 0) is 7.05 Å². The third-order valence-electron chi connectivity index (χ3n) is 4.07. The molecule has 1 aromatic heterocycles. The zero-order valence-electron chi connectivity index (χ0n) is 10.9. The Kier molecular flexibility index (Phi) is 3.10. The zero-order chi connectivity index (χ0) is 12.5. The van der Waals surface area contributed by atoms with Crippen molar-refractivity contribution in [3.05, 3.63) is 36.0 Å². The van der Waals surface area contributed by atoms with E-state index in [1.165, 1.54) is 35.7 Å². The Labute approximate surface area is 108 Å². The maximum Gasteiger partial charge on any atom is 0.0481 e. The molecule has 3 nitrogen and oxygen atoms in total. The largest absolute Gasteiger partial charge is 0.350 e. The molecule has 1 saturated heterocycles. The number of hydrogen-bond donors (Lipinski definition) is 2. The Morgan fingerprint density at radius 1 is 1.33 bits per heavy atom. The van der Waals surface area contributed by atoms with E-state index >= 15 is 0 Å². The van der Waals surface area contributed by atoms with Gasteiger partial charge in [-0.25, -0.2) is 0 Å². The van der Waals surface area contributed by atoms with Gasteiger partial charge in [0.15, 0.2) is 0 Å². The summed E-state index contributed by atoms with van der Waals surface area (Å²) in [5.41, 5.74) is 9.01. The van der Waals surface area contributed by atoms with Gasteiger partial charge in [-0.15, -0.1) is 0 Å². The number of para-hydroxylation sites is 1. The Bertz CT molecular complexity index is 538. The van der Waals surface area contributed by atoms with Crippen LogP contribution in [0.5, 0.6) is 0 Å². The maximum atomic E-state index is 6.47. The van der Waals surface area contributed by atoms with Gasteiger partial charge in [0.05, 0.1) is 0 Å². The summed E-state index contributed by atoms with van der Waals surface area (Å²) in [6.07, 6.45) is 5.94. The lowest BCUT2D eigenvalue weighted by molar-refractivity contribution is 0.354. The van der Waals surface area contributed by atoms with Crippen molar-refractivity contribution in [2.24, 2.45) is 12.8 Å². The Balaban J connectivity index is 1.98. The number of nitrogens with two attached hydrogens (primary N) is 1. The fourth-order valence-corrected chi connectivity index (χ4v) is 3.04. The second kappa shape index (κ2) is 4.75. The van der Waals surface area contributed by atoms with E-state index in [9.17, 15) is 0 Å². The van der Waals surface area contributed by atoms with Crippen LogP contribution < -0.4 is 11.1 Å². The summed E-state index contributed by atoms with van der Waals surface area (Å²) < 4.78 is 2.17. The summed E-state index contributed by atoms with van der Waals surface area (Å²) in [7, 11) is 2.09. The van der Waals surface area contributed by atoms with E-state index in [1.807, 2.05) is 0 Å². The number of nitrogens with zero attached hydrogens (tertiary/aromatic N) is 1. The summed E-state index contributed by atoms with van der Waals surface area (Å²) in [4.78, 5) is 0. The van der Waals surface area contributed by atoms with Crippen molar-refractivity contribution < 1.29 is 0 Å². The average molecular weight is 243 g/mol. The summed E-state index contributed by atoms with van der Waals surface area (Å²) in [6.45, 7) is 1.10. The molecule has 1 aliphatic rings. The van der Waals surface area contributed by atoms with Crippen molar-refractivity contribution in [1.29, 1.82) is 0 Å². The average Bonchev–Trinajstić information content (AvgIpc) is 2.77. The number of benzene rings is 1. The molecule has 0 aliphatic carbocycles. The second-order valence-electron chi connectivity index (χ2n) is 5.29. The highest BCUT2D eigenvalue weighted by Crippen LogP contribution is 2.28. The van der Waals surface area contributed by atoms with Crippen LogP contribution in [0, 0.1) is 0 Å². The number of fused-ring (bicyclic) bond motifs is 1. The molecule has 96 valence electrons. The molecule has 2 aromatic rings. The number of rotatable bonds is 2. The fourth-order valence-electron chi connectivity index (χ4n) is 3.04. The Hall–Kier alpha value is -1.32. The summed E-state index contributed by atoms with van der Waals surface area (Å²) in [5.74, 6) is 0. The zero-order valence-corrected chi connectivity index (χ0v) is 10.9. The summed E-state index contributed by atoms with van der Waals surface area (Å²) in [6, 6.07) is 9.01. The van der Waals surface area contributed by atoms with Gasteiger partial charge in [-0.05, 0) is 31.0 Å². The first-order valence-corrected chi connectivity index (χ1v) is 6.80. The van der Waals surface area contributed by atoms with E-state index in [2.05, 4.69) is 47.4 Å². The molecule has 18 heavy (non-hydrogen) atoms. The molecule has 0 bridgehead atoms. The van der Waals surface area contributed by atoms with Crippen molar-refractivity contribution in [3.63, 3.8) is 0 Å². The molecule has 2 atom stereocenters. The lowest BCUT2D eigenvalue weighted by Crippen LogP contribution is -2.42. The van der Waals surface area contributed by atoms with Crippen LogP contribution in [0.25, 0.3) is 10.9 Å². The van der Waals surface area contributed by atoms with Crippen molar-refractivity contribution >= 4 is 10.9 Å². The predicted octanol–water partition coefficient (Wildman–Crippen LogP) is 2.32. The van der Waals surface area contributed by atoms with Gasteiger partial charge in [0.1, 0.15) is 0 Å². The highest BCUT2D eigenvalue weighted by molar-refractivity contribution is 5.84. The third kappa shape index (κ3) is 1.93. The molecule has 0 amide bonds. The topological polar surface area (TPSA) is 43.0 Å². The number of nitrogens with one attached hydrogen (secondary N) is 1. The van der Waals surface area contributed by atoms with Crippen LogP contribution >= 0.6 is 0 Å². The van der Waals surface area contributed by atoms with Crippen molar-refractivity contribution in [2.45, 2.75) is 31.3 Å². The van der Waals surface area contributed by atoms with E-state index in [-0.39, 0.29) is 6.04 Å². The molecular formula is C15H21N3. The van der Waals surface area contributed by atoms with Gasteiger partial charge in [0.2, 0.25) is 0 Å². The van der Waals surface area contributed by atoms with Gasteiger partial charge < -0.3 is 15.6 Å². The van der Waals surface area contributed by atoms with Gasteiger partial charge in [0, 0.05) is 36.2 Å².